The van der Waals surface area contributed by atoms with E-state index in [0.29, 0.717) is 18.0 Å². The van der Waals surface area contributed by atoms with Crippen LogP contribution in [0.3, 0.4) is 0 Å². The van der Waals surface area contributed by atoms with E-state index in [-0.39, 0.29) is 11.7 Å². The van der Waals surface area contributed by atoms with E-state index < -0.39 is 0 Å². The summed E-state index contributed by atoms with van der Waals surface area (Å²) in [4.78, 5) is 23.7. The summed E-state index contributed by atoms with van der Waals surface area (Å²) in [7, 11) is 0. The number of hydrogen-bond donors (Lipinski definition) is 2. The fourth-order valence-corrected chi connectivity index (χ4v) is 3.56. The number of hydrogen-bond acceptors (Lipinski definition) is 6. The molecule has 2 aromatic rings. The fraction of sp³-hybridized carbons (Fsp3) is 0.438. The number of likely N-dealkylation sites (tertiary alicyclic amines) is 1. The first-order chi connectivity index (χ1) is 11.2. The molecule has 0 aliphatic carbocycles. The normalized spacial score (nSPS) is 16.3. The van der Waals surface area contributed by atoms with E-state index in [0.717, 1.165) is 32.5 Å². The Labute approximate surface area is 139 Å². The zero-order valence-electron chi connectivity index (χ0n) is 12.9. The molecule has 3 N–H and O–H groups in total. The summed E-state index contributed by atoms with van der Waals surface area (Å²) in [5.74, 6) is 0.553. The quantitative estimate of drug-likeness (QED) is 0.872. The summed E-state index contributed by atoms with van der Waals surface area (Å²) in [5.41, 5.74) is 6.04. The molecule has 1 amide bonds. The molecule has 0 unspecified atom stereocenters. The smallest absolute Gasteiger partial charge is 0.256 e. The highest BCUT2D eigenvalue weighted by molar-refractivity contribution is 7.09. The van der Waals surface area contributed by atoms with Crippen molar-refractivity contribution in [3.8, 4) is 0 Å². The van der Waals surface area contributed by atoms with Gasteiger partial charge in [0.25, 0.3) is 5.91 Å². The van der Waals surface area contributed by atoms with Crippen LogP contribution in [0, 0.1) is 5.92 Å². The first-order valence-corrected chi connectivity index (χ1v) is 8.69. The molecule has 1 aliphatic heterocycles. The minimum absolute atomic E-state index is 0.191. The number of nitrogens with one attached hydrogen (secondary N) is 1. The molecule has 0 aromatic carbocycles. The van der Waals surface area contributed by atoms with Crippen molar-refractivity contribution in [2.75, 3.05) is 25.4 Å². The lowest BCUT2D eigenvalue weighted by atomic mass is 9.96. The van der Waals surface area contributed by atoms with Crippen LogP contribution in [0.15, 0.2) is 30.0 Å². The molecule has 0 atom stereocenters. The monoisotopic (exact) mass is 331 g/mol. The van der Waals surface area contributed by atoms with Gasteiger partial charge in [-0.15, -0.1) is 11.3 Å². The van der Waals surface area contributed by atoms with Gasteiger partial charge in [-0.2, -0.15) is 0 Å². The fourth-order valence-electron chi connectivity index (χ4n) is 2.82. The molecule has 0 bridgehead atoms. The standard InChI is InChI=1S/C16H21N5OS/c17-15-14(9-18-11-20-15)16(22)19-8-12-3-5-21(6-4-12)10-13-2-1-7-23-13/h1-2,7,9,11-12H,3-6,8,10H2,(H,19,22)(H2,17,18,20). The highest BCUT2D eigenvalue weighted by Gasteiger charge is 2.20. The molecule has 3 rings (SSSR count). The summed E-state index contributed by atoms with van der Waals surface area (Å²) in [6.45, 7) is 3.87. The van der Waals surface area contributed by atoms with Crippen molar-refractivity contribution in [3.63, 3.8) is 0 Å². The molecule has 3 heterocycles. The Morgan fingerprint density at radius 2 is 2.26 bits per heavy atom. The van der Waals surface area contributed by atoms with Gasteiger partial charge in [-0.25, -0.2) is 9.97 Å². The van der Waals surface area contributed by atoms with Crippen molar-refractivity contribution in [1.29, 1.82) is 0 Å². The number of nitrogens with two attached hydrogens (primary N) is 1. The van der Waals surface area contributed by atoms with Crippen molar-refractivity contribution >= 4 is 23.1 Å². The lowest BCUT2D eigenvalue weighted by Gasteiger charge is -2.31. The number of nitrogen functional groups attached to an aromatic ring is 1. The minimum Gasteiger partial charge on any atom is -0.383 e. The van der Waals surface area contributed by atoms with Gasteiger partial charge in [0.15, 0.2) is 0 Å². The average Bonchev–Trinajstić information content (AvgIpc) is 3.07. The van der Waals surface area contributed by atoms with Gasteiger partial charge in [-0.1, -0.05) is 6.07 Å². The van der Waals surface area contributed by atoms with Gasteiger partial charge in [0, 0.05) is 24.2 Å². The van der Waals surface area contributed by atoms with Crippen molar-refractivity contribution in [1.82, 2.24) is 20.2 Å². The summed E-state index contributed by atoms with van der Waals surface area (Å²) in [6, 6.07) is 4.28. The Hall–Kier alpha value is -1.99. The van der Waals surface area contributed by atoms with E-state index in [1.165, 1.54) is 17.4 Å². The molecule has 0 saturated carbocycles. The van der Waals surface area contributed by atoms with Gasteiger partial charge in [0.1, 0.15) is 12.1 Å². The topological polar surface area (TPSA) is 84.1 Å². The minimum atomic E-state index is -0.191. The van der Waals surface area contributed by atoms with Crippen LogP contribution in [0.4, 0.5) is 5.82 Å². The Bertz CT molecular complexity index is 638. The maximum atomic E-state index is 12.1. The lowest BCUT2D eigenvalue weighted by molar-refractivity contribution is 0.0935. The van der Waals surface area contributed by atoms with Gasteiger partial charge < -0.3 is 11.1 Å². The highest BCUT2D eigenvalue weighted by atomic mass is 32.1. The summed E-state index contributed by atoms with van der Waals surface area (Å²) >= 11 is 1.81. The number of anilines is 1. The van der Waals surface area contributed by atoms with Crippen molar-refractivity contribution in [3.05, 3.63) is 40.5 Å². The lowest BCUT2D eigenvalue weighted by Crippen LogP contribution is -2.38. The largest absolute Gasteiger partial charge is 0.383 e. The first kappa shape index (κ1) is 15.9. The maximum Gasteiger partial charge on any atom is 0.256 e. The number of thiophene rings is 1. The van der Waals surface area contributed by atoms with E-state index >= 15 is 0 Å². The zero-order valence-corrected chi connectivity index (χ0v) is 13.8. The van der Waals surface area contributed by atoms with E-state index in [2.05, 4.69) is 37.7 Å². The number of carbonyl (C=O) groups is 1. The van der Waals surface area contributed by atoms with Gasteiger partial charge in [0.2, 0.25) is 0 Å². The second kappa shape index (κ2) is 7.52. The summed E-state index contributed by atoms with van der Waals surface area (Å²) in [6.07, 6.45) is 5.01. The highest BCUT2D eigenvalue weighted by Crippen LogP contribution is 2.20. The van der Waals surface area contributed by atoms with Crippen LogP contribution in [0.2, 0.25) is 0 Å². The van der Waals surface area contributed by atoms with Crippen LogP contribution in [-0.4, -0.2) is 40.4 Å². The molecule has 0 spiro atoms. The van der Waals surface area contributed by atoms with Crippen molar-refractivity contribution < 1.29 is 4.79 Å². The molecule has 1 fully saturated rings. The van der Waals surface area contributed by atoms with Crippen LogP contribution >= 0.6 is 11.3 Å². The molecule has 0 radical (unpaired) electrons. The van der Waals surface area contributed by atoms with Gasteiger partial charge in [-0.05, 0) is 43.3 Å². The second-order valence-corrected chi connectivity index (χ2v) is 6.86. The number of aromatic nitrogens is 2. The van der Waals surface area contributed by atoms with Crippen LogP contribution in [0.1, 0.15) is 28.1 Å². The predicted octanol–water partition coefficient (Wildman–Crippen LogP) is 1.76. The third-order valence-electron chi connectivity index (χ3n) is 4.21. The molecule has 122 valence electrons. The van der Waals surface area contributed by atoms with Crippen LogP contribution < -0.4 is 11.1 Å². The van der Waals surface area contributed by atoms with Gasteiger partial charge in [0.05, 0.1) is 5.56 Å². The molecular weight excluding hydrogens is 310 g/mol. The Kier molecular flexibility index (Phi) is 5.19. The van der Waals surface area contributed by atoms with Gasteiger partial charge >= 0.3 is 0 Å². The number of rotatable bonds is 5. The first-order valence-electron chi connectivity index (χ1n) is 7.81. The molecule has 23 heavy (non-hydrogen) atoms. The van der Waals surface area contributed by atoms with Crippen LogP contribution in [-0.2, 0) is 6.54 Å². The summed E-state index contributed by atoms with van der Waals surface area (Å²) in [5, 5.41) is 5.08. The van der Waals surface area contributed by atoms with Crippen molar-refractivity contribution in [2.45, 2.75) is 19.4 Å². The van der Waals surface area contributed by atoms with Gasteiger partial charge in [-0.3, -0.25) is 9.69 Å². The molecule has 6 nitrogen and oxygen atoms in total. The molecule has 1 aliphatic rings. The van der Waals surface area contributed by atoms with E-state index in [4.69, 9.17) is 5.73 Å². The SMILES string of the molecule is Nc1ncncc1C(=O)NCC1CCN(Cc2cccs2)CC1. The predicted molar refractivity (Wildman–Crippen MR) is 91.1 cm³/mol. The Morgan fingerprint density at radius 1 is 1.43 bits per heavy atom. The maximum absolute atomic E-state index is 12.1. The summed E-state index contributed by atoms with van der Waals surface area (Å²) < 4.78 is 0. The average molecular weight is 331 g/mol. The number of piperidine rings is 1. The number of carbonyl (C=O) groups excluding carboxylic acids is 1. The molecule has 2 aromatic heterocycles. The Balaban J connectivity index is 1.42. The molecular formula is C16H21N5OS. The number of nitrogens with zero attached hydrogens (tertiary/aromatic N) is 3. The Morgan fingerprint density at radius 3 is 2.96 bits per heavy atom. The van der Waals surface area contributed by atoms with E-state index in [1.807, 2.05) is 11.3 Å². The third kappa shape index (κ3) is 4.27. The van der Waals surface area contributed by atoms with E-state index in [9.17, 15) is 4.79 Å². The third-order valence-corrected chi connectivity index (χ3v) is 5.07. The van der Waals surface area contributed by atoms with Crippen LogP contribution in [0.5, 0.6) is 0 Å². The molecule has 7 heteroatoms. The van der Waals surface area contributed by atoms with Crippen molar-refractivity contribution in [2.24, 2.45) is 5.92 Å². The second-order valence-electron chi connectivity index (χ2n) is 5.83. The number of amides is 1. The zero-order chi connectivity index (χ0) is 16.1. The molecule has 1 saturated heterocycles. The van der Waals surface area contributed by atoms with Crippen LogP contribution in [0.25, 0.3) is 0 Å². The van der Waals surface area contributed by atoms with E-state index in [1.54, 1.807) is 0 Å².